The van der Waals surface area contributed by atoms with E-state index in [4.69, 9.17) is 4.74 Å². The Morgan fingerprint density at radius 3 is 2.19 bits per heavy atom. The molecular formula is C25H26O. The van der Waals surface area contributed by atoms with E-state index in [0.29, 0.717) is 0 Å². The Morgan fingerprint density at radius 2 is 1.38 bits per heavy atom. The van der Waals surface area contributed by atoms with Crippen LogP contribution in [0.3, 0.4) is 0 Å². The maximum atomic E-state index is 5.18. The summed E-state index contributed by atoms with van der Waals surface area (Å²) >= 11 is 0. The zero-order valence-corrected chi connectivity index (χ0v) is 15.4. The largest absolute Gasteiger partial charge is 0.385 e. The first-order chi connectivity index (χ1) is 12.9. The van der Waals surface area contributed by atoms with Gasteiger partial charge < -0.3 is 4.74 Å². The highest BCUT2D eigenvalue weighted by Crippen LogP contribution is 2.29. The van der Waals surface area contributed by atoms with Crippen molar-refractivity contribution in [2.45, 2.75) is 19.3 Å². The molecule has 0 saturated carbocycles. The van der Waals surface area contributed by atoms with Crippen LogP contribution in [0.2, 0.25) is 0 Å². The van der Waals surface area contributed by atoms with E-state index < -0.39 is 0 Å². The van der Waals surface area contributed by atoms with E-state index in [-0.39, 0.29) is 0 Å². The molecule has 0 N–H and O–H groups in total. The van der Waals surface area contributed by atoms with Crippen LogP contribution in [0.25, 0.3) is 23.3 Å². The second-order valence-electron chi connectivity index (χ2n) is 6.44. The van der Waals surface area contributed by atoms with E-state index in [1.807, 2.05) is 6.07 Å². The molecule has 3 aromatic rings. The molecule has 3 aromatic carbocycles. The molecule has 1 heteroatoms. The van der Waals surface area contributed by atoms with Crippen LogP contribution >= 0.6 is 0 Å². The number of aryl methyl sites for hydroxylation is 1. The molecule has 0 aliphatic carbocycles. The average Bonchev–Trinajstić information content (AvgIpc) is 2.71. The maximum Gasteiger partial charge on any atom is 0.0462 e. The fourth-order valence-electron chi connectivity index (χ4n) is 3.20. The SMILES string of the molecule is COCCCCc1ccccc1-c1ccccc1/C=C/c1ccccc1. The molecule has 0 saturated heterocycles. The van der Waals surface area contributed by atoms with Gasteiger partial charge in [0.1, 0.15) is 0 Å². The van der Waals surface area contributed by atoms with Gasteiger partial charge in [0.25, 0.3) is 0 Å². The minimum Gasteiger partial charge on any atom is -0.385 e. The molecule has 0 aromatic heterocycles. The maximum absolute atomic E-state index is 5.18. The fraction of sp³-hybridized carbons (Fsp3) is 0.200. The van der Waals surface area contributed by atoms with Crippen molar-refractivity contribution in [2.75, 3.05) is 13.7 Å². The van der Waals surface area contributed by atoms with Gasteiger partial charge in [-0.1, -0.05) is 91.0 Å². The van der Waals surface area contributed by atoms with Crippen LogP contribution in [0.15, 0.2) is 78.9 Å². The van der Waals surface area contributed by atoms with Crippen LogP contribution in [0.1, 0.15) is 29.5 Å². The lowest BCUT2D eigenvalue weighted by Gasteiger charge is -2.12. The summed E-state index contributed by atoms with van der Waals surface area (Å²) in [5.41, 5.74) is 6.50. The van der Waals surface area contributed by atoms with E-state index >= 15 is 0 Å². The minimum absolute atomic E-state index is 0.832. The first kappa shape index (κ1) is 18.2. The molecule has 1 nitrogen and oxygen atoms in total. The zero-order valence-electron chi connectivity index (χ0n) is 15.4. The molecule has 26 heavy (non-hydrogen) atoms. The number of benzene rings is 3. The first-order valence-corrected chi connectivity index (χ1v) is 9.28. The lowest BCUT2D eigenvalue weighted by molar-refractivity contribution is 0.193. The fourth-order valence-corrected chi connectivity index (χ4v) is 3.20. The highest BCUT2D eigenvalue weighted by atomic mass is 16.5. The second kappa shape index (κ2) is 9.74. The predicted molar refractivity (Wildman–Crippen MR) is 112 cm³/mol. The summed E-state index contributed by atoms with van der Waals surface area (Å²) in [5, 5.41) is 0. The number of methoxy groups -OCH3 is 1. The summed E-state index contributed by atoms with van der Waals surface area (Å²) in [4.78, 5) is 0. The van der Waals surface area contributed by atoms with Gasteiger partial charge in [-0.25, -0.2) is 0 Å². The van der Waals surface area contributed by atoms with Gasteiger partial charge in [-0.05, 0) is 47.1 Å². The monoisotopic (exact) mass is 342 g/mol. The van der Waals surface area contributed by atoms with Crippen molar-refractivity contribution in [3.05, 3.63) is 95.6 Å². The van der Waals surface area contributed by atoms with Crippen LogP contribution in [0.5, 0.6) is 0 Å². The van der Waals surface area contributed by atoms with Crippen molar-refractivity contribution in [1.29, 1.82) is 0 Å². The molecular weight excluding hydrogens is 316 g/mol. The Balaban J connectivity index is 1.87. The summed E-state index contributed by atoms with van der Waals surface area (Å²) in [7, 11) is 1.77. The van der Waals surface area contributed by atoms with Gasteiger partial charge in [-0.15, -0.1) is 0 Å². The van der Waals surface area contributed by atoms with Gasteiger partial charge >= 0.3 is 0 Å². The minimum atomic E-state index is 0.832. The number of unbranched alkanes of at least 4 members (excludes halogenated alkanes) is 1. The Kier molecular flexibility index (Phi) is 6.80. The standard InChI is InChI=1S/C25H26O/c1-26-20-10-9-15-22-13-5-7-16-24(22)25-17-8-6-14-23(25)19-18-21-11-3-2-4-12-21/h2-8,11-14,16-19H,9-10,15,20H2,1H3/b19-18+. The summed E-state index contributed by atoms with van der Waals surface area (Å²) in [6.07, 6.45) is 7.72. The molecule has 0 atom stereocenters. The van der Waals surface area contributed by atoms with Gasteiger partial charge in [0.15, 0.2) is 0 Å². The molecule has 0 bridgehead atoms. The first-order valence-electron chi connectivity index (χ1n) is 9.28. The molecule has 3 rings (SSSR count). The number of rotatable bonds is 8. The van der Waals surface area contributed by atoms with Crippen molar-refractivity contribution < 1.29 is 4.74 Å². The van der Waals surface area contributed by atoms with E-state index in [2.05, 4.69) is 84.9 Å². The Bertz CT molecular complexity index is 834. The van der Waals surface area contributed by atoms with Crippen molar-refractivity contribution in [2.24, 2.45) is 0 Å². The van der Waals surface area contributed by atoms with Crippen molar-refractivity contribution in [3.63, 3.8) is 0 Å². The van der Waals surface area contributed by atoms with Crippen LogP contribution < -0.4 is 0 Å². The lowest BCUT2D eigenvalue weighted by Crippen LogP contribution is -1.94. The Morgan fingerprint density at radius 1 is 0.692 bits per heavy atom. The second-order valence-corrected chi connectivity index (χ2v) is 6.44. The molecule has 0 radical (unpaired) electrons. The molecule has 0 unspecified atom stereocenters. The number of hydrogen-bond donors (Lipinski definition) is 0. The highest BCUT2D eigenvalue weighted by molar-refractivity contribution is 5.82. The zero-order chi connectivity index (χ0) is 18.0. The number of hydrogen-bond acceptors (Lipinski definition) is 1. The van der Waals surface area contributed by atoms with Gasteiger partial charge in [-0.3, -0.25) is 0 Å². The van der Waals surface area contributed by atoms with E-state index in [1.54, 1.807) is 7.11 Å². The van der Waals surface area contributed by atoms with Crippen LogP contribution in [0.4, 0.5) is 0 Å². The van der Waals surface area contributed by atoms with Gasteiger partial charge in [0.2, 0.25) is 0 Å². The van der Waals surface area contributed by atoms with Gasteiger partial charge in [0.05, 0.1) is 0 Å². The summed E-state index contributed by atoms with van der Waals surface area (Å²) < 4.78 is 5.18. The highest BCUT2D eigenvalue weighted by Gasteiger charge is 2.07. The van der Waals surface area contributed by atoms with E-state index in [0.717, 1.165) is 25.9 Å². The van der Waals surface area contributed by atoms with Crippen molar-refractivity contribution >= 4 is 12.2 Å². The van der Waals surface area contributed by atoms with E-state index in [9.17, 15) is 0 Å². The average molecular weight is 342 g/mol. The van der Waals surface area contributed by atoms with Crippen LogP contribution in [-0.2, 0) is 11.2 Å². The molecule has 0 fully saturated rings. The van der Waals surface area contributed by atoms with Crippen molar-refractivity contribution in [1.82, 2.24) is 0 Å². The molecule has 132 valence electrons. The predicted octanol–water partition coefficient (Wildman–Crippen LogP) is 6.49. The molecule has 0 spiro atoms. The molecule has 0 aliphatic rings. The van der Waals surface area contributed by atoms with Gasteiger partial charge in [-0.2, -0.15) is 0 Å². The lowest BCUT2D eigenvalue weighted by atomic mass is 9.92. The van der Waals surface area contributed by atoms with Crippen LogP contribution in [-0.4, -0.2) is 13.7 Å². The van der Waals surface area contributed by atoms with Crippen molar-refractivity contribution in [3.8, 4) is 11.1 Å². The number of ether oxygens (including phenoxy) is 1. The summed E-state index contributed by atoms with van der Waals surface area (Å²) in [5.74, 6) is 0. The third-order valence-corrected chi connectivity index (χ3v) is 4.57. The third-order valence-electron chi connectivity index (χ3n) is 4.57. The molecule has 0 aliphatic heterocycles. The smallest absolute Gasteiger partial charge is 0.0462 e. The topological polar surface area (TPSA) is 9.23 Å². The molecule has 0 heterocycles. The Hall–Kier alpha value is -2.64. The summed E-state index contributed by atoms with van der Waals surface area (Å²) in [6, 6.07) is 27.8. The third kappa shape index (κ3) is 4.93. The Labute approximate surface area is 157 Å². The summed E-state index contributed by atoms with van der Waals surface area (Å²) in [6.45, 7) is 0.832. The van der Waals surface area contributed by atoms with Gasteiger partial charge in [0, 0.05) is 13.7 Å². The molecule has 0 amide bonds. The normalized spacial score (nSPS) is 11.1. The van der Waals surface area contributed by atoms with Crippen LogP contribution in [0, 0.1) is 0 Å². The quantitative estimate of drug-likeness (QED) is 0.336. The van der Waals surface area contributed by atoms with E-state index in [1.165, 1.54) is 27.8 Å².